The number of aromatic nitrogens is 5. The molecule has 2 aliphatic rings. The Morgan fingerprint density at radius 1 is 0.957 bits per heavy atom. The number of aromatic amines is 1. The molecule has 0 spiro atoms. The van der Waals surface area contributed by atoms with E-state index in [1.54, 1.807) is 23.7 Å². The van der Waals surface area contributed by atoms with E-state index in [-0.39, 0.29) is 17.9 Å². The van der Waals surface area contributed by atoms with Crippen molar-refractivity contribution in [1.29, 1.82) is 0 Å². The number of anilines is 1. The molecule has 2 N–H and O–H groups in total. The quantitative estimate of drug-likeness (QED) is 0.249. The Bertz CT molecular complexity index is 2060. The molecule has 2 saturated heterocycles. The number of piperazine rings is 1. The molecular formula is C34H33N9O2S2. The highest BCUT2D eigenvalue weighted by atomic mass is 32.1. The maximum atomic E-state index is 13.3. The topological polar surface area (TPSA) is 123 Å². The molecule has 4 aromatic heterocycles. The fraction of sp³-hybridized carbons (Fsp3) is 0.294. The van der Waals surface area contributed by atoms with Crippen molar-refractivity contribution in [3.05, 3.63) is 76.9 Å². The molecule has 1 atom stereocenters. The van der Waals surface area contributed by atoms with Gasteiger partial charge in [-0.15, -0.1) is 22.7 Å². The smallest absolute Gasteiger partial charge is 0.261 e. The van der Waals surface area contributed by atoms with Gasteiger partial charge in [0.05, 0.1) is 26.6 Å². The van der Waals surface area contributed by atoms with E-state index < -0.39 is 0 Å². The summed E-state index contributed by atoms with van der Waals surface area (Å²) in [5.41, 5.74) is 4.95. The van der Waals surface area contributed by atoms with E-state index >= 15 is 0 Å². The van der Waals surface area contributed by atoms with Crippen LogP contribution in [0.2, 0.25) is 0 Å². The van der Waals surface area contributed by atoms with Crippen LogP contribution < -0.4 is 10.2 Å². The van der Waals surface area contributed by atoms with E-state index in [4.69, 9.17) is 0 Å². The summed E-state index contributed by atoms with van der Waals surface area (Å²) in [5, 5.41) is 12.8. The summed E-state index contributed by atoms with van der Waals surface area (Å²) in [5.74, 6) is 0.774. The summed E-state index contributed by atoms with van der Waals surface area (Å²) < 4.78 is 1.12. The van der Waals surface area contributed by atoms with Gasteiger partial charge in [0.15, 0.2) is 5.82 Å². The first kappa shape index (κ1) is 29.7. The number of benzene rings is 2. The van der Waals surface area contributed by atoms with Crippen LogP contribution in [0.1, 0.15) is 21.1 Å². The number of likely N-dealkylation sites (tertiary alicyclic amines) is 1. The van der Waals surface area contributed by atoms with Crippen molar-refractivity contribution in [2.75, 3.05) is 50.7 Å². The molecule has 2 amide bonds. The molecule has 0 radical (unpaired) electrons. The van der Waals surface area contributed by atoms with E-state index in [9.17, 15) is 9.59 Å². The second kappa shape index (κ2) is 12.5. The molecule has 238 valence electrons. The van der Waals surface area contributed by atoms with Gasteiger partial charge in [-0.25, -0.2) is 15.0 Å². The summed E-state index contributed by atoms with van der Waals surface area (Å²) in [6.07, 6.45) is 4.31. The number of rotatable bonds is 7. The lowest BCUT2D eigenvalue weighted by atomic mass is 10.1. The van der Waals surface area contributed by atoms with Gasteiger partial charge in [-0.1, -0.05) is 6.07 Å². The van der Waals surface area contributed by atoms with E-state index in [1.165, 1.54) is 11.3 Å². The molecule has 1 unspecified atom stereocenters. The monoisotopic (exact) mass is 663 g/mol. The molecule has 0 aliphatic carbocycles. The number of amides is 2. The normalized spacial score (nSPS) is 17.2. The average molecular weight is 664 g/mol. The molecule has 2 aromatic carbocycles. The molecule has 0 bridgehead atoms. The lowest BCUT2D eigenvalue weighted by molar-refractivity contribution is -0.132. The van der Waals surface area contributed by atoms with E-state index in [2.05, 4.69) is 58.5 Å². The minimum atomic E-state index is -0.0855. The van der Waals surface area contributed by atoms with E-state index in [1.807, 2.05) is 48.2 Å². The van der Waals surface area contributed by atoms with Crippen molar-refractivity contribution in [3.63, 3.8) is 0 Å². The Hall–Kier alpha value is -4.72. The fourth-order valence-corrected chi connectivity index (χ4v) is 8.23. The Morgan fingerprint density at radius 3 is 2.55 bits per heavy atom. The Morgan fingerprint density at radius 2 is 1.74 bits per heavy atom. The van der Waals surface area contributed by atoms with Crippen LogP contribution >= 0.6 is 22.7 Å². The first-order valence-electron chi connectivity index (χ1n) is 15.8. The zero-order chi connectivity index (χ0) is 31.9. The van der Waals surface area contributed by atoms with Crippen LogP contribution in [0.15, 0.2) is 67.0 Å². The van der Waals surface area contributed by atoms with Crippen LogP contribution in [0, 0.1) is 6.92 Å². The summed E-state index contributed by atoms with van der Waals surface area (Å²) in [6.45, 7) is 6.79. The van der Waals surface area contributed by atoms with Gasteiger partial charge in [0.1, 0.15) is 10.5 Å². The third kappa shape index (κ3) is 6.09. The van der Waals surface area contributed by atoms with Gasteiger partial charge in [0.25, 0.3) is 5.91 Å². The van der Waals surface area contributed by atoms with Crippen molar-refractivity contribution in [3.8, 4) is 22.6 Å². The number of hydrogen-bond acceptors (Lipinski definition) is 10. The largest absolute Gasteiger partial charge is 0.368 e. The second-order valence-electron chi connectivity index (χ2n) is 12.0. The van der Waals surface area contributed by atoms with Crippen molar-refractivity contribution >= 4 is 60.6 Å². The highest BCUT2D eigenvalue weighted by molar-refractivity contribution is 7.20. The standard InChI is InChI=1S/C34H33N9O2S2/c1-21-37-27-8-5-23(17-28(27)46-21)31-26-18-29(47-34(26)40-39-31)33(45)38-24-9-12-41(19-24)20-30(44)43-15-13-42(14-16-43)25-6-3-22(4-7-25)32-35-10-2-11-36-32/h2-8,10-11,17-18,24H,9,12-16,19-20H2,1H3,(H,38,45)(H,39,40). The Labute approximate surface area is 279 Å². The Kier molecular flexibility index (Phi) is 7.87. The van der Waals surface area contributed by atoms with Crippen LogP contribution in [0.4, 0.5) is 5.69 Å². The second-order valence-corrected chi connectivity index (χ2v) is 14.3. The molecule has 13 heteroatoms. The van der Waals surface area contributed by atoms with Crippen molar-refractivity contribution in [2.45, 2.75) is 19.4 Å². The molecule has 6 heterocycles. The molecule has 8 rings (SSSR count). The number of thiophene rings is 1. The number of nitrogens with one attached hydrogen (secondary N) is 2. The number of nitrogens with zero attached hydrogens (tertiary/aromatic N) is 7. The SMILES string of the molecule is Cc1nc2ccc(-c3n[nH]c4sc(C(=O)NC5CCN(CC(=O)N6CCN(c7ccc(-c8ncccn8)cc7)CC6)C5)cc34)cc2s1. The maximum Gasteiger partial charge on any atom is 0.261 e. The molecule has 6 aromatic rings. The number of carbonyl (C=O) groups is 2. The first-order valence-corrected chi connectivity index (χ1v) is 17.4. The number of aryl methyl sites for hydroxylation is 1. The predicted octanol–water partition coefficient (Wildman–Crippen LogP) is 4.82. The zero-order valence-corrected chi connectivity index (χ0v) is 27.5. The lowest BCUT2D eigenvalue weighted by Gasteiger charge is -2.36. The van der Waals surface area contributed by atoms with Gasteiger partial charge in [0.2, 0.25) is 5.91 Å². The number of fused-ring (bicyclic) bond motifs is 2. The van der Waals surface area contributed by atoms with Crippen LogP contribution in [0.3, 0.4) is 0 Å². The molecular weight excluding hydrogens is 631 g/mol. The molecule has 2 aliphatic heterocycles. The van der Waals surface area contributed by atoms with Crippen molar-refractivity contribution in [2.24, 2.45) is 0 Å². The summed E-state index contributed by atoms with van der Waals surface area (Å²) >= 11 is 3.08. The highest BCUT2D eigenvalue weighted by Gasteiger charge is 2.29. The summed E-state index contributed by atoms with van der Waals surface area (Å²) in [6, 6.07) is 18.2. The first-order chi connectivity index (χ1) is 23.0. The third-order valence-electron chi connectivity index (χ3n) is 8.90. The fourth-order valence-electron chi connectivity index (χ4n) is 6.46. The van der Waals surface area contributed by atoms with Crippen LogP contribution in [0.5, 0.6) is 0 Å². The summed E-state index contributed by atoms with van der Waals surface area (Å²) in [7, 11) is 0. The van der Waals surface area contributed by atoms with Gasteiger partial charge in [0, 0.05) is 79.9 Å². The van der Waals surface area contributed by atoms with Crippen LogP contribution in [-0.4, -0.2) is 98.6 Å². The van der Waals surface area contributed by atoms with Gasteiger partial charge in [-0.2, -0.15) is 5.10 Å². The van der Waals surface area contributed by atoms with Gasteiger partial charge in [-0.3, -0.25) is 19.6 Å². The molecule has 11 nitrogen and oxygen atoms in total. The van der Waals surface area contributed by atoms with Crippen LogP contribution in [-0.2, 0) is 4.79 Å². The predicted molar refractivity (Wildman–Crippen MR) is 186 cm³/mol. The minimum absolute atomic E-state index is 0.00594. The number of H-pyrrole nitrogens is 1. The van der Waals surface area contributed by atoms with Gasteiger partial charge in [-0.05, 0) is 61.9 Å². The summed E-state index contributed by atoms with van der Waals surface area (Å²) in [4.78, 5) is 47.6. The van der Waals surface area contributed by atoms with Gasteiger partial charge < -0.3 is 15.1 Å². The average Bonchev–Trinajstić information content (AvgIpc) is 3.89. The molecule has 0 saturated carbocycles. The third-order valence-corrected chi connectivity index (χ3v) is 10.9. The molecule has 2 fully saturated rings. The van der Waals surface area contributed by atoms with E-state index in [0.717, 1.165) is 74.0 Å². The minimum Gasteiger partial charge on any atom is -0.368 e. The zero-order valence-electron chi connectivity index (χ0n) is 25.8. The van der Waals surface area contributed by atoms with Crippen molar-refractivity contribution < 1.29 is 9.59 Å². The maximum absolute atomic E-state index is 13.3. The van der Waals surface area contributed by atoms with Crippen LogP contribution in [0.25, 0.3) is 43.1 Å². The van der Waals surface area contributed by atoms with E-state index in [0.29, 0.717) is 36.9 Å². The number of hydrogen-bond donors (Lipinski definition) is 2. The lowest BCUT2D eigenvalue weighted by Crippen LogP contribution is -2.51. The number of carbonyl (C=O) groups excluding carboxylic acids is 2. The number of thiazole rings is 1. The van der Waals surface area contributed by atoms with Crippen molar-refractivity contribution in [1.82, 2.24) is 40.3 Å². The van der Waals surface area contributed by atoms with Gasteiger partial charge >= 0.3 is 0 Å². The molecule has 47 heavy (non-hydrogen) atoms. The highest BCUT2D eigenvalue weighted by Crippen LogP contribution is 2.34. The Balaban J connectivity index is 0.828.